The SMILES string of the molecule is CCCCOc1cc(N=N)c(C)cc1Sc1ccc(C)cc1. The van der Waals surface area contributed by atoms with E-state index in [-0.39, 0.29) is 0 Å². The lowest BCUT2D eigenvalue weighted by Crippen LogP contribution is -1.98. The molecule has 0 spiro atoms. The zero-order valence-corrected chi connectivity index (χ0v) is 14.2. The van der Waals surface area contributed by atoms with Crippen LogP contribution in [-0.2, 0) is 0 Å². The number of benzene rings is 2. The van der Waals surface area contributed by atoms with E-state index in [4.69, 9.17) is 10.3 Å². The summed E-state index contributed by atoms with van der Waals surface area (Å²) in [5, 5.41) is 3.58. The van der Waals surface area contributed by atoms with Crippen LogP contribution in [-0.4, -0.2) is 6.61 Å². The summed E-state index contributed by atoms with van der Waals surface area (Å²) in [6.07, 6.45) is 2.12. The molecule has 1 N–H and O–H groups in total. The molecule has 0 fully saturated rings. The molecule has 0 unspecified atom stereocenters. The standard InChI is InChI=1S/C18H22N2OS/c1-4-5-10-21-17-12-16(20-19)14(3)11-18(17)22-15-8-6-13(2)7-9-15/h6-9,11-12,19H,4-5,10H2,1-3H3. The van der Waals surface area contributed by atoms with Crippen molar-refractivity contribution < 1.29 is 4.74 Å². The summed E-state index contributed by atoms with van der Waals surface area (Å²) in [6.45, 7) is 6.90. The molecule has 3 nitrogen and oxygen atoms in total. The Morgan fingerprint density at radius 1 is 1.14 bits per heavy atom. The van der Waals surface area contributed by atoms with Crippen LogP contribution >= 0.6 is 11.8 Å². The van der Waals surface area contributed by atoms with Gasteiger partial charge in [0.2, 0.25) is 0 Å². The summed E-state index contributed by atoms with van der Waals surface area (Å²) in [5.41, 5.74) is 10.2. The number of nitrogens with zero attached hydrogens (tertiary/aromatic N) is 1. The summed E-state index contributed by atoms with van der Waals surface area (Å²) < 4.78 is 5.91. The number of ether oxygens (including phenoxy) is 1. The molecule has 0 aliphatic carbocycles. The van der Waals surface area contributed by atoms with Crippen LogP contribution in [0.25, 0.3) is 0 Å². The lowest BCUT2D eigenvalue weighted by molar-refractivity contribution is 0.302. The number of nitrogens with one attached hydrogen (secondary N) is 1. The highest BCUT2D eigenvalue weighted by Gasteiger charge is 2.10. The summed E-state index contributed by atoms with van der Waals surface area (Å²) in [6, 6.07) is 12.4. The molecule has 0 saturated carbocycles. The average Bonchev–Trinajstić information content (AvgIpc) is 2.51. The first-order valence-electron chi connectivity index (χ1n) is 7.53. The van der Waals surface area contributed by atoms with Gasteiger partial charge in [-0.2, -0.15) is 5.11 Å². The number of hydrogen-bond acceptors (Lipinski definition) is 4. The quantitative estimate of drug-likeness (QED) is 0.481. The van der Waals surface area contributed by atoms with Gasteiger partial charge in [-0.05, 0) is 44.0 Å². The molecule has 116 valence electrons. The second-order valence-corrected chi connectivity index (χ2v) is 6.43. The molecular formula is C18H22N2OS. The van der Waals surface area contributed by atoms with Gasteiger partial charge in [0.25, 0.3) is 0 Å². The summed E-state index contributed by atoms with van der Waals surface area (Å²) >= 11 is 1.69. The Labute approximate surface area is 136 Å². The average molecular weight is 314 g/mol. The van der Waals surface area contributed by atoms with E-state index in [9.17, 15) is 0 Å². The molecule has 0 amide bonds. The first kappa shape index (κ1) is 16.6. The lowest BCUT2D eigenvalue weighted by Gasteiger charge is -2.13. The summed E-state index contributed by atoms with van der Waals surface area (Å²) in [7, 11) is 0. The molecule has 4 heteroatoms. The monoisotopic (exact) mass is 314 g/mol. The first-order chi connectivity index (χ1) is 10.6. The molecule has 0 radical (unpaired) electrons. The highest BCUT2D eigenvalue weighted by molar-refractivity contribution is 7.99. The van der Waals surface area contributed by atoms with Crippen LogP contribution in [0.3, 0.4) is 0 Å². The van der Waals surface area contributed by atoms with E-state index in [0.29, 0.717) is 12.3 Å². The molecule has 0 bridgehead atoms. The summed E-state index contributed by atoms with van der Waals surface area (Å²) in [5.74, 6) is 0.815. The van der Waals surface area contributed by atoms with Crippen LogP contribution in [0.2, 0.25) is 0 Å². The van der Waals surface area contributed by atoms with E-state index in [1.54, 1.807) is 11.8 Å². The molecule has 0 atom stereocenters. The van der Waals surface area contributed by atoms with Gasteiger partial charge in [-0.25, -0.2) is 5.53 Å². The van der Waals surface area contributed by atoms with E-state index in [1.165, 1.54) is 10.5 Å². The minimum absolute atomic E-state index is 0.666. The second kappa shape index (κ2) is 7.99. The van der Waals surface area contributed by atoms with E-state index in [0.717, 1.165) is 29.1 Å². The van der Waals surface area contributed by atoms with Gasteiger partial charge in [-0.3, -0.25) is 0 Å². The van der Waals surface area contributed by atoms with Crippen LogP contribution in [0, 0.1) is 19.4 Å². The van der Waals surface area contributed by atoms with Gasteiger partial charge in [0.1, 0.15) is 5.75 Å². The Kier molecular flexibility index (Phi) is 6.01. The molecule has 0 aliphatic rings. The van der Waals surface area contributed by atoms with Gasteiger partial charge in [0, 0.05) is 11.0 Å². The third kappa shape index (κ3) is 4.34. The minimum Gasteiger partial charge on any atom is -0.492 e. The molecule has 0 heterocycles. The first-order valence-corrected chi connectivity index (χ1v) is 8.35. The van der Waals surface area contributed by atoms with Crippen molar-refractivity contribution in [3.63, 3.8) is 0 Å². The fourth-order valence-corrected chi connectivity index (χ4v) is 3.00. The van der Waals surface area contributed by atoms with Gasteiger partial charge in [-0.15, -0.1) is 0 Å². The third-order valence-corrected chi connectivity index (χ3v) is 4.43. The molecule has 0 aromatic heterocycles. The predicted molar refractivity (Wildman–Crippen MR) is 91.7 cm³/mol. The van der Waals surface area contributed by atoms with E-state index >= 15 is 0 Å². The van der Waals surface area contributed by atoms with Crippen LogP contribution < -0.4 is 4.74 Å². The normalized spacial score (nSPS) is 10.5. The van der Waals surface area contributed by atoms with Gasteiger partial charge in [0.05, 0.1) is 17.2 Å². The van der Waals surface area contributed by atoms with E-state index in [2.05, 4.69) is 49.3 Å². The summed E-state index contributed by atoms with van der Waals surface area (Å²) in [4.78, 5) is 2.26. The minimum atomic E-state index is 0.666. The number of aryl methyl sites for hydroxylation is 2. The molecular weight excluding hydrogens is 292 g/mol. The smallest absolute Gasteiger partial charge is 0.135 e. The second-order valence-electron chi connectivity index (χ2n) is 5.31. The predicted octanol–water partition coefficient (Wildman–Crippen LogP) is 6.30. The Balaban J connectivity index is 2.28. The highest BCUT2D eigenvalue weighted by atomic mass is 32.2. The van der Waals surface area contributed by atoms with Crippen LogP contribution in [0.15, 0.2) is 51.3 Å². The maximum absolute atomic E-state index is 7.27. The van der Waals surface area contributed by atoms with Gasteiger partial charge in [0.15, 0.2) is 0 Å². The topological polar surface area (TPSA) is 45.4 Å². The van der Waals surface area contributed by atoms with Crippen LogP contribution in [0.5, 0.6) is 5.75 Å². The number of hydrogen-bond donors (Lipinski definition) is 1. The fraction of sp³-hybridized carbons (Fsp3) is 0.333. The molecule has 0 aliphatic heterocycles. The largest absolute Gasteiger partial charge is 0.492 e. The maximum atomic E-state index is 7.27. The van der Waals surface area contributed by atoms with Crippen molar-refractivity contribution in [1.82, 2.24) is 0 Å². The molecule has 2 aromatic carbocycles. The Hall–Kier alpha value is -1.81. The Morgan fingerprint density at radius 2 is 1.86 bits per heavy atom. The molecule has 22 heavy (non-hydrogen) atoms. The van der Waals surface area contributed by atoms with Crippen molar-refractivity contribution >= 4 is 17.4 Å². The van der Waals surface area contributed by atoms with E-state index in [1.807, 2.05) is 13.0 Å². The zero-order chi connectivity index (χ0) is 15.9. The number of unbranched alkanes of at least 4 members (excludes halogenated alkanes) is 1. The lowest BCUT2D eigenvalue weighted by atomic mass is 10.2. The van der Waals surface area contributed by atoms with Crippen molar-refractivity contribution in [2.75, 3.05) is 6.61 Å². The molecule has 2 aromatic rings. The Bertz CT molecular complexity index is 638. The van der Waals surface area contributed by atoms with Crippen molar-refractivity contribution in [2.45, 2.75) is 43.4 Å². The van der Waals surface area contributed by atoms with Gasteiger partial charge >= 0.3 is 0 Å². The van der Waals surface area contributed by atoms with Crippen LogP contribution in [0.1, 0.15) is 30.9 Å². The number of rotatable bonds is 7. The maximum Gasteiger partial charge on any atom is 0.135 e. The zero-order valence-electron chi connectivity index (χ0n) is 13.3. The van der Waals surface area contributed by atoms with Crippen molar-refractivity contribution in [1.29, 1.82) is 5.53 Å². The van der Waals surface area contributed by atoms with Crippen molar-refractivity contribution in [3.05, 3.63) is 47.5 Å². The van der Waals surface area contributed by atoms with E-state index < -0.39 is 0 Å². The fourth-order valence-electron chi connectivity index (χ4n) is 2.02. The Morgan fingerprint density at radius 3 is 2.50 bits per heavy atom. The van der Waals surface area contributed by atoms with Crippen molar-refractivity contribution in [3.8, 4) is 5.75 Å². The molecule has 2 rings (SSSR count). The van der Waals surface area contributed by atoms with Crippen LogP contribution in [0.4, 0.5) is 5.69 Å². The van der Waals surface area contributed by atoms with Crippen molar-refractivity contribution in [2.24, 2.45) is 5.11 Å². The van der Waals surface area contributed by atoms with Gasteiger partial charge in [-0.1, -0.05) is 42.8 Å². The highest BCUT2D eigenvalue weighted by Crippen LogP contribution is 2.39. The molecule has 0 saturated heterocycles. The third-order valence-electron chi connectivity index (χ3n) is 3.39. The van der Waals surface area contributed by atoms with Gasteiger partial charge < -0.3 is 4.74 Å².